The minimum atomic E-state index is 0.0503. The molecule has 1 heterocycles. The Morgan fingerprint density at radius 1 is 1.71 bits per heavy atom. The van der Waals surface area contributed by atoms with Crippen LogP contribution in [0.3, 0.4) is 0 Å². The van der Waals surface area contributed by atoms with Crippen LogP contribution >= 0.6 is 0 Å². The molecule has 1 aromatic heterocycles. The Bertz CT molecular complexity index is 295. The standard InChI is InChI=1S/C9H16N4O/c1-14-5-4-13-6-11-12-9(13)8(10)7-2-3-7/h6-8H,2-5,10H2,1H3. The zero-order valence-electron chi connectivity index (χ0n) is 8.39. The van der Waals surface area contributed by atoms with Crippen molar-refractivity contribution in [3.63, 3.8) is 0 Å². The Kier molecular flexibility index (Phi) is 2.79. The topological polar surface area (TPSA) is 66.0 Å². The Morgan fingerprint density at radius 3 is 3.14 bits per heavy atom. The minimum absolute atomic E-state index is 0.0503. The second-order valence-corrected chi connectivity index (χ2v) is 3.74. The molecule has 1 aliphatic rings. The lowest BCUT2D eigenvalue weighted by atomic mass is 10.2. The molecule has 5 nitrogen and oxygen atoms in total. The summed E-state index contributed by atoms with van der Waals surface area (Å²) in [6, 6.07) is 0.0503. The lowest BCUT2D eigenvalue weighted by Crippen LogP contribution is -2.19. The number of ether oxygens (including phenoxy) is 1. The Labute approximate surface area is 83.3 Å². The van der Waals surface area contributed by atoms with Gasteiger partial charge in [0.25, 0.3) is 0 Å². The Morgan fingerprint density at radius 2 is 2.50 bits per heavy atom. The summed E-state index contributed by atoms with van der Waals surface area (Å²) in [5.41, 5.74) is 6.05. The third-order valence-electron chi connectivity index (χ3n) is 2.61. The predicted octanol–water partition coefficient (Wildman–Crippen LogP) is 0.334. The van der Waals surface area contributed by atoms with E-state index in [4.69, 9.17) is 10.5 Å². The van der Waals surface area contributed by atoms with Crippen LogP contribution in [-0.2, 0) is 11.3 Å². The molecule has 14 heavy (non-hydrogen) atoms. The van der Waals surface area contributed by atoms with Crippen LogP contribution in [0, 0.1) is 5.92 Å². The van der Waals surface area contributed by atoms with Crippen LogP contribution in [0.2, 0.25) is 0 Å². The molecule has 0 aromatic carbocycles. The molecular weight excluding hydrogens is 180 g/mol. The molecule has 1 aromatic rings. The number of methoxy groups -OCH3 is 1. The molecule has 2 N–H and O–H groups in total. The summed E-state index contributed by atoms with van der Waals surface area (Å²) in [4.78, 5) is 0. The fourth-order valence-electron chi connectivity index (χ4n) is 1.55. The highest BCUT2D eigenvalue weighted by Gasteiger charge is 2.32. The van der Waals surface area contributed by atoms with E-state index in [1.165, 1.54) is 12.8 Å². The number of hydrogen-bond donors (Lipinski definition) is 1. The molecule has 1 saturated carbocycles. The summed E-state index contributed by atoms with van der Waals surface area (Å²) in [6.07, 6.45) is 4.16. The molecule has 0 spiro atoms. The SMILES string of the molecule is COCCn1cnnc1C(N)C1CC1. The molecule has 0 bridgehead atoms. The van der Waals surface area contributed by atoms with Gasteiger partial charge in [-0.15, -0.1) is 10.2 Å². The number of nitrogens with two attached hydrogens (primary N) is 1. The normalized spacial score (nSPS) is 18.4. The van der Waals surface area contributed by atoms with E-state index in [-0.39, 0.29) is 6.04 Å². The second kappa shape index (κ2) is 4.06. The average molecular weight is 196 g/mol. The van der Waals surface area contributed by atoms with Crippen LogP contribution in [0.5, 0.6) is 0 Å². The molecule has 0 aliphatic heterocycles. The van der Waals surface area contributed by atoms with Crippen molar-refractivity contribution in [2.24, 2.45) is 11.7 Å². The maximum absolute atomic E-state index is 6.05. The number of aromatic nitrogens is 3. The van der Waals surface area contributed by atoms with E-state index < -0.39 is 0 Å². The lowest BCUT2D eigenvalue weighted by Gasteiger charge is -2.11. The molecular formula is C9H16N4O. The first-order valence-electron chi connectivity index (χ1n) is 4.95. The number of rotatable bonds is 5. The summed E-state index contributed by atoms with van der Waals surface area (Å²) in [6.45, 7) is 1.45. The van der Waals surface area contributed by atoms with Crippen LogP contribution in [0.15, 0.2) is 6.33 Å². The van der Waals surface area contributed by atoms with Gasteiger partial charge >= 0.3 is 0 Å². The van der Waals surface area contributed by atoms with Gasteiger partial charge in [-0.1, -0.05) is 0 Å². The predicted molar refractivity (Wildman–Crippen MR) is 51.6 cm³/mol. The van der Waals surface area contributed by atoms with Crippen molar-refractivity contribution in [1.29, 1.82) is 0 Å². The minimum Gasteiger partial charge on any atom is -0.383 e. The smallest absolute Gasteiger partial charge is 0.150 e. The van der Waals surface area contributed by atoms with E-state index in [2.05, 4.69) is 10.2 Å². The third kappa shape index (κ3) is 1.93. The molecule has 0 amide bonds. The molecule has 0 radical (unpaired) electrons. The summed E-state index contributed by atoms with van der Waals surface area (Å²) in [5.74, 6) is 1.50. The Hall–Kier alpha value is -0.940. The first kappa shape index (κ1) is 9.61. The van der Waals surface area contributed by atoms with Crippen molar-refractivity contribution in [2.45, 2.75) is 25.4 Å². The van der Waals surface area contributed by atoms with E-state index in [1.807, 2.05) is 4.57 Å². The summed E-state index contributed by atoms with van der Waals surface area (Å²) < 4.78 is 6.99. The van der Waals surface area contributed by atoms with Crippen LogP contribution in [0.4, 0.5) is 0 Å². The molecule has 5 heteroatoms. The molecule has 1 atom stereocenters. The highest BCUT2D eigenvalue weighted by atomic mass is 16.5. The molecule has 1 fully saturated rings. The molecule has 78 valence electrons. The van der Waals surface area contributed by atoms with Gasteiger partial charge in [-0.25, -0.2) is 0 Å². The first-order chi connectivity index (χ1) is 6.83. The second-order valence-electron chi connectivity index (χ2n) is 3.74. The summed E-state index contributed by atoms with van der Waals surface area (Å²) in [5, 5.41) is 7.95. The zero-order chi connectivity index (χ0) is 9.97. The first-order valence-corrected chi connectivity index (χ1v) is 4.95. The number of hydrogen-bond acceptors (Lipinski definition) is 4. The van der Waals surface area contributed by atoms with Gasteiger partial charge in [0.15, 0.2) is 0 Å². The quantitative estimate of drug-likeness (QED) is 0.737. The van der Waals surface area contributed by atoms with E-state index >= 15 is 0 Å². The Balaban J connectivity index is 2.03. The maximum atomic E-state index is 6.05. The van der Waals surface area contributed by atoms with E-state index in [9.17, 15) is 0 Å². The van der Waals surface area contributed by atoms with Gasteiger partial charge in [0.2, 0.25) is 0 Å². The van der Waals surface area contributed by atoms with E-state index in [1.54, 1.807) is 13.4 Å². The van der Waals surface area contributed by atoms with Gasteiger partial charge in [0.1, 0.15) is 12.2 Å². The summed E-state index contributed by atoms with van der Waals surface area (Å²) >= 11 is 0. The van der Waals surface area contributed by atoms with E-state index in [0.29, 0.717) is 12.5 Å². The summed E-state index contributed by atoms with van der Waals surface area (Å²) in [7, 11) is 1.69. The number of nitrogens with zero attached hydrogens (tertiary/aromatic N) is 3. The van der Waals surface area contributed by atoms with Crippen LogP contribution in [0.1, 0.15) is 24.7 Å². The highest BCUT2D eigenvalue weighted by molar-refractivity contribution is 5.00. The van der Waals surface area contributed by atoms with Gasteiger partial charge in [0, 0.05) is 13.7 Å². The lowest BCUT2D eigenvalue weighted by molar-refractivity contribution is 0.185. The van der Waals surface area contributed by atoms with Gasteiger partial charge in [-0.3, -0.25) is 0 Å². The van der Waals surface area contributed by atoms with Crippen molar-refractivity contribution in [1.82, 2.24) is 14.8 Å². The van der Waals surface area contributed by atoms with Crippen molar-refractivity contribution < 1.29 is 4.74 Å². The van der Waals surface area contributed by atoms with Crippen LogP contribution in [-0.4, -0.2) is 28.5 Å². The molecule has 0 saturated heterocycles. The third-order valence-corrected chi connectivity index (χ3v) is 2.61. The van der Waals surface area contributed by atoms with Crippen molar-refractivity contribution in [3.05, 3.63) is 12.2 Å². The van der Waals surface area contributed by atoms with E-state index in [0.717, 1.165) is 12.4 Å². The van der Waals surface area contributed by atoms with Gasteiger partial charge in [0.05, 0.1) is 12.6 Å². The van der Waals surface area contributed by atoms with Crippen LogP contribution < -0.4 is 5.73 Å². The molecule has 1 unspecified atom stereocenters. The van der Waals surface area contributed by atoms with Crippen LogP contribution in [0.25, 0.3) is 0 Å². The highest BCUT2D eigenvalue weighted by Crippen LogP contribution is 2.38. The fourth-order valence-corrected chi connectivity index (χ4v) is 1.55. The van der Waals surface area contributed by atoms with Crippen molar-refractivity contribution >= 4 is 0 Å². The zero-order valence-corrected chi connectivity index (χ0v) is 8.39. The largest absolute Gasteiger partial charge is 0.383 e. The molecule has 1 aliphatic carbocycles. The van der Waals surface area contributed by atoms with Crippen molar-refractivity contribution in [3.8, 4) is 0 Å². The monoisotopic (exact) mass is 196 g/mol. The fraction of sp³-hybridized carbons (Fsp3) is 0.778. The van der Waals surface area contributed by atoms with Gasteiger partial charge in [-0.2, -0.15) is 0 Å². The van der Waals surface area contributed by atoms with Crippen molar-refractivity contribution in [2.75, 3.05) is 13.7 Å². The molecule has 2 rings (SSSR count). The van der Waals surface area contributed by atoms with Gasteiger partial charge in [-0.05, 0) is 18.8 Å². The van der Waals surface area contributed by atoms with Gasteiger partial charge < -0.3 is 15.0 Å². The average Bonchev–Trinajstić information content (AvgIpc) is 2.93. The maximum Gasteiger partial charge on any atom is 0.150 e.